The van der Waals surface area contributed by atoms with Crippen LogP contribution in [0.2, 0.25) is 0 Å². The minimum Gasteiger partial charge on any atom is -0.497 e. The van der Waals surface area contributed by atoms with E-state index in [1.54, 1.807) is 7.11 Å². The Morgan fingerprint density at radius 3 is 2.62 bits per heavy atom. The number of benzene rings is 1. The lowest BCUT2D eigenvalue weighted by Crippen LogP contribution is -2.14. The fourth-order valence-electron chi connectivity index (χ4n) is 3.00. The van der Waals surface area contributed by atoms with Crippen molar-refractivity contribution >= 4 is 28.2 Å². The zero-order valence-corrected chi connectivity index (χ0v) is 15.4. The molecular weight excluding hydrogens is 354 g/mol. The zero-order chi connectivity index (χ0) is 18.5. The summed E-state index contributed by atoms with van der Waals surface area (Å²) in [6.45, 7) is 0.409. The van der Waals surface area contributed by atoms with Crippen LogP contribution in [0.25, 0.3) is 0 Å². The van der Waals surface area contributed by atoms with Crippen molar-refractivity contribution in [3.05, 3.63) is 40.3 Å². The number of anilines is 1. The van der Waals surface area contributed by atoms with E-state index in [-0.39, 0.29) is 17.9 Å². The van der Waals surface area contributed by atoms with Crippen molar-refractivity contribution in [3.63, 3.8) is 0 Å². The molecule has 1 aliphatic rings. The van der Waals surface area contributed by atoms with Gasteiger partial charge in [0, 0.05) is 11.3 Å². The van der Waals surface area contributed by atoms with E-state index >= 15 is 0 Å². The third-order valence-corrected chi connectivity index (χ3v) is 5.47. The largest absolute Gasteiger partial charge is 0.497 e. The summed E-state index contributed by atoms with van der Waals surface area (Å²) < 4.78 is 10.7. The molecule has 0 spiro atoms. The number of carbonyl (C=O) groups is 2. The van der Waals surface area contributed by atoms with Gasteiger partial charge in [-0.2, -0.15) is 0 Å². The first-order chi connectivity index (χ1) is 12.6. The van der Waals surface area contributed by atoms with E-state index in [0.717, 1.165) is 35.5 Å². The number of methoxy groups -OCH3 is 1. The Morgan fingerprint density at radius 1 is 1.19 bits per heavy atom. The Kier molecular flexibility index (Phi) is 5.78. The smallest absolute Gasteiger partial charge is 0.339 e. The number of hydrogen-bond acceptors (Lipinski definition) is 5. The van der Waals surface area contributed by atoms with E-state index in [1.165, 1.54) is 11.3 Å². The predicted molar refractivity (Wildman–Crippen MR) is 99.7 cm³/mol. The van der Waals surface area contributed by atoms with Crippen LogP contribution in [0, 0.1) is 0 Å². The van der Waals surface area contributed by atoms with Gasteiger partial charge in [-0.3, -0.25) is 4.79 Å². The van der Waals surface area contributed by atoms with Crippen molar-refractivity contribution in [3.8, 4) is 11.5 Å². The number of aromatic carboxylic acids is 1. The highest BCUT2D eigenvalue weighted by Gasteiger charge is 2.27. The monoisotopic (exact) mass is 375 g/mol. The molecule has 0 saturated heterocycles. The number of ether oxygens (including phenoxy) is 2. The van der Waals surface area contributed by atoms with Gasteiger partial charge in [-0.15, -0.1) is 11.3 Å². The van der Waals surface area contributed by atoms with Crippen molar-refractivity contribution in [1.29, 1.82) is 0 Å². The molecule has 1 heterocycles. The quantitative estimate of drug-likeness (QED) is 0.687. The van der Waals surface area contributed by atoms with E-state index in [4.69, 9.17) is 9.47 Å². The summed E-state index contributed by atoms with van der Waals surface area (Å²) in [5.74, 6) is 0.316. The van der Waals surface area contributed by atoms with Crippen LogP contribution in [0.15, 0.2) is 24.3 Å². The van der Waals surface area contributed by atoms with E-state index in [1.807, 2.05) is 24.3 Å². The highest BCUT2D eigenvalue weighted by molar-refractivity contribution is 7.17. The first-order valence-electron chi connectivity index (χ1n) is 8.53. The molecule has 1 amide bonds. The highest BCUT2D eigenvalue weighted by Crippen LogP contribution is 2.39. The molecule has 3 rings (SSSR count). The van der Waals surface area contributed by atoms with Gasteiger partial charge in [-0.25, -0.2) is 4.79 Å². The normalized spacial score (nSPS) is 12.5. The maximum atomic E-state index is 12.1. The van der Waals surface area contributed by atoms with Crippen molar-refractivity contribution < 1.29 is 24.2 Å². The SMILES string of the molecule is COc1ccc(OCCCC(=O)Nc2sc3c(c2C(=O)O)CCC3)cc1. The number of aryl methyl sites for hydroxylation is 1. The molecule has 0 atom stereocenters. The fraction of sp³-hybridized carbons (Fsp3) is 0.368. The Morgan fingerprint density at radius 2 is 1.92 bits per heavy atom. The summed E-state index contributed by atoms with van der Waals surface area (Å²) in [5, 5.41) is 12.7. The van der Waals surface area contributed by atoms with Crippen LogP contribution in [0.5, 0.6) is 11.5 Å². The molecule has 26 heavy (non-hydrogen) atoms. The number of thiophene rings is 1. The zero-order valence-electron chi connectivity index (χ0n) is 14.5. The van der Waals surface area contributed by atoms with Crippen LogP contribution < -0.4 is 14.8 Å². The molecule has 0 fully saturated rings. The van der Waals surface area contributed by atoms with Crippen LogP contribution in [0.3, 0.4) is 0 Å². The van der Waals surface area contributed by atoms with Crippen LogP contribution in [0.1, 0.15) is 40.1 Å². The molecular formula is C19H21NO5S. The molecule has 0 saturated carbocycles. The molecule has 1 aromatic carbocycles. The summed E-state index contributed by atoms with van der Waals surface area (Å²) in [4.78, 5) is 24.7. The Bertz CT molecular complexity index is 797. The minimum absolute atomic E-state index is 0.189. The Labute approximate surface area is 155 Å². The average molecular weight is 375 g/mol. The third-order valence-electron chi connectivity index (χ3n) is 4.26. The van der Waals surface area contributed by atoms with E-state index in [9.17, 15) is 14.7 Å². The first-order valence-corrected chi connectivity index (χ1v) is 9.34. The van der Waals surface area contributed by atoms with Gasteiger partial charge in [0.05, 0.1) is 19.3 Å². The van der Waals surface area contributed by atoms with Gasteiger partial charge >= 0.3 is 5.97 Å². The van der Waals surface area contributed by atoms with Crippen molar-refractivity contribution in [2.45, 2.75) is 32.1 Å². The number of carbonyl (C=O) groups excluding carboxylic acids is 1. The molecule has 0 bridgehead atoms. The molecule has 0 unspecified atom stereocenters. The van der Waals surface area contributed by atoms with Gasteiger partial charge in [0.1, 0.15) is 16.5 Å². The molecule has 138 valence electrons. The van der Waals surface area contributed by atoms with E-state index in [2.05, 4.69) is 5.32 Å². The van der Waals surface area contributed by atoms with Gasteiger partial charge < -0.3 is 19.9 Å². The summed E-state index contributed by atoms with van der Waals surface area (Å²) in [6.07, 6.45) is 3.48. The number of fused-ring (bicyclic) bond motifs is 1. The maximum absolute atomic E-state index is 12.1. The van der Waals surface area contributed by atoms with Crippen LogP contribution >= 0.6 is 11.3 Å². The number of rotatable bonds is 8. The highest BCUT2D eigenvalue weighted by atomic mass is 32.1. The van der Waals surface area contributed by atoms with Gasteiger partial charge in [-0.1, -0.05) is 0 Å². The van der Waals surface area contributed by atoms with Crippen LogP contribution in [-0.2, 0) is 17.6 Å². The second-order valence-electron chi connectivity index (χ2n) is 6.04. The van der Waals surface area contributed by atoms with Gasteiger partial charge in [0.2, 0.25) is 5.91 Å². The number of carboxylic acid groups (broad SMARTS) is 1. The maximum Gasteiger partial charge on any atom is 0.339 e. The lowest BCUT2D eigenvalue weighted by atomic mass is 10.1. The number of hydrogen-bond donors (Lipinski definition) is 2. The summed E-state index contributed by atoms with van der Waals surface area (Å²) in [7, 11) is 1.60. The fourth-order valence-corrected chi connectivity index (χ4v) is 4.30. The molecule has 0 radical (unpaired) electrons. The molecule has 2 N–H and O–H groups in total. The third kappa shape index (κ3) is 4.16. The minimum atomic E-state index is -0.970. The molecule has 7 heteroatoms. The lowest BCUT2D eigenvalue weighted by Gasteiger charge is -2.08. The Hall–Kier alpha value is -2.54. The van der Waals surface area contributed by atoms with Crippen molar-refractivity contribution in [1.82, 2.24) is 0 Å². The molecule has 2 aromatic rings. The number of amides is 1. The standard InChI is InChI=1S/C19H21NO5S/c1-24-12-7-9-13(10-8-12)25-11-3-6-16(21)20-18-17(19(22)23)14-4-2-5-15(14)26-18/h7-10H,2-6,11H2,1H3,(H,20,21)(H,22,23). The van der Waals surface area contributed by atoms with Crippen molar-refractivity contribution in [2.24, 2.45) is 0 Å². The number of nitrogens with one attached hydrogen (secondary N) is 1. The topological polar surface area (TPSA) is 84.9 Å². The summed E-state index contributed by atoms with van der Waals surface area (Å²) in [5.41, 5.74) is 1.16. The van der Waals surface area contributed by atoms with Crippen LogP contribution in [-0.4, -0.2) is 30.7 Å². The van der Waals surface area contributed by atoms with Gasteiger partial charge in [0.15, 0.2) is 0 Å². The lowest BCUT2D eigenvalue weighted by molar-refractivity contribution is -0.116. The summed E-state index contributed by atoms with van der Waals surface area (Å²) in [6, 6.07) is 7.24. The summed E-state index contributed by atoms with van der Waals surface area (Å²) >= 11 is 1.39. The Balaban J connectivity index is 1.48. The molecule has 1 aliphatic carbocycles. The van der Waals surface area contributed by atoms with Gasteiger partial charge in [-0.05, 0) is 55.5 Å². The number of carboxylic acids is 1. The average Bonchev–Trinajstić information content (AvgIpc) is 3.19. The van der Waals surface area contributed by atoms with Crippen LogP contribution in [0.4, 0.5) is 5.00 Å². The second-order valence-corrected chi connectivity index (χ2v) is 7.15. The second kappa shape index (κ2) is 8.23. The predicted octanol–water partition coefficient (Wildman–Crippen LogP) is 3.74. The molecule has 6 nitrogen and oxygen atoms in total. The molecule has 1 aromatic heterocycles. The van der Waals surface area contributed by atoms with Gasteiger partial charge in [0.25, 0.3) is 0 Å². The first kappa shape index (κ1) is 18.3. The van der Waals surface area contributed by atoms with E-state index in [0.29, 0.717) is 23.8 Å². The van der Waals surface area contributed by atoms with Crippen molar-refractivity contribution in [2.75, 3.05) is 19.0 Å². The molecule has 0 aliphatic heterocycles. The van der Waals surface area contributed by atoms with E-state index < -0.39 is 5.97 Å².